The van der Waals surface area contributed by atoms with Crippen molar-refractivity contribution in [2.45, 2.75) is 0 Å². The first-order valence-electron chi connectivity index (χ1n) is 16.6. The number of fused-ring (bicyclic) bond motifs is 9. The van der Waals surface area contributed by atoms with Crippen LogP contribution >= 0.6 is 0 Å². The molecule has 2 aromatic heterocycles. The summed E-state index contributed by atoms with van der Waals surface area (Å²) in [5.74, 6) is 0. The van der Waals surface area contributed by atoms with E-state index in [0.29, 0.717) is 0 Å². The predicted molar refractivity (Wildman–Crippen MR) is 204 cm³/mol. The van der Waals surface area contributed by atoms with Crippen molar-refractivity contribution in [2.75, 3.05) is 0 Å². The van der Waals surface area contributed by atoms with E-state index in [0.717, 1.165) is 54.9 Å². The molecule has 0 amide bonds. The summed E-state index contributed by atoms with van der Waals surface area (Å²) in [6.45, 7) is 0. The van der Waals surface area contributed by atoms with Crippen molar-refractivity contribution in [3.05, 3.63) is 170 Å². The third kappa shape index (κ3) is 4.59. The molecule has 3 heteroatoms. The van der Waals surface area contributed by atoms with Crippen molar-refractivity contribution in [3.8, 4) is 44.5 Å². The second-order valence-corrected chi connectivity index (χ2v) is 12.6. The lowest BCUT2D eigenvalue weighted by Crippen LogP contribution is -1.89. The molecule has 10 aromatic rings. The van der Waals surface area contributed by atoms with Crippen molar-refractivity contribution in [2.24, 2.45) is 0 Å². The highest BCUT2D eigenvalue weighted by Crippen LogP contribution is 2.38. The molecule has 0 saturated heterocycles. The molecule has 0 aliphatic heterocycles. The summed E-state index contributed by atoms with van der Waals surface area (Å²) in [6, 6.07) is 56.3. The van der Waals surface area contributed by atoms with Crippen LogP contribution in [0.4, 0.5) is 0 Å². The molecule has 0 radical (unpaired) electrons. The predicted octanol–water partition coefficient (Wildman–Crippen LogP) is 12.5. The van der Waals surface area contributed by atoms with Crippen LogP contribution in [-0.4, -0.2) is 9.97 Å². The molecule has 10 rings (SSSR count). The molecule has 0 aliphatic carbocycles. The second-order valence-electron chi connectivity index (χ2n) is 12.6. The fourth-order valence-corrected chi connectivity index (χ4v) is 7.31. The summed E-state index contributed by atoms with van der Waals surface area (Å²) in [7, 11) is 0. The standard InChI is InChI=1S/C46H28N2O/c1-2-7-29(8-3-1)30-13-15-31(16-14-30)34-18-21-43-41(27-34)42-28-36(19-22-44(42)49-43)33-10-6-9-32(25-33)35-17-20-39-40(26-35)37-11-4-5-12-38(37)45-46(39)48-24-23-47-45/h1-28H. The zero-order chi connectivity index (χ0) is 32.3. The summed E-state index contributed by atoms with van der Waals surface area (Å²) in [5, 5.41) is 6.85. The Kier molecular flexibility index (Phi) is 6.18. The van der Waals surface area contributed by atoms with Crippen molar-refractivity contribution in [3.63, 3.8) is 0 Å². The summed E-state index contributed by atoms with van der Waals surface area (Å²) < 4.78 is 6.30. The third-order valence-electron chi connectivity index (χ3n) is 9.77. The molecule has 0 aliphatic rings. The van der Waals surface area contributed by atoms with Gasteiger partial charge in [0.25, 0.3) is 0 Å². The maximum atomic E-state index is 6.30. The van der Waals surface area contributed by atoms with E-state index < -0.39 is 0 Å². The Hall–Kier alpha value is -6.58. The quantitative estimate of drug-likeness (QED) is 0.183. The minimum Gasteiger partial charge on any atom is -0.456 e. The average Bonchev–Trinajstić information content (AvgIpc) is 3.55. The molecule has 8 aromatic carbocycles. The van der Waals surface area contributed by atoms with Crippen molar-refractivity contribution >= 4 is 54.5 Å². The van der Waals surface area contributed by atoms with Crippen molar-refractivity contribution < 1.29 is 4.42 Å². The van der Waals surface area contributed by atoms with Gasteiger partial charge in [0.1, 0.15) is 11.2 Å². The van der Waals surface area contributed by atoms with Crippen LogP contribution in [0.5, 0.6) is 0 Å². The van der Waals surface area contributed by atoms with Crippen LogP contribution in [0.15, 0.2) is 175 Å². The van der Waals surface area contributed by atoms with E-state index in [1.165, 1.54) is 44.2 Å². The monoisotopic (exact) mass is 624 g/mol. The highest BCUT2D eigenvalue weighted by Gasteiger charge is 2.14. The minimum atomic E-state index is 0.892. The molecule has 228 valence electrons. The van der Waals surface area contributed by atoms with Gasteiger partial charge >= 0.3 is 0 Å². The Bertz CT molecular complexity index is 2830. The molecule has 0 spiro atoms. The van der Waals surface area contributed by atoms with Gasteiger partial charge in [0.15, 0.2) is 0 Å². The minimum absolute atomic E-state index is 0.892. The van der Waals surface area contributed by atoms with Crippen LogP contribution in [0.1, 0.15) is 0 Å². The number of benzene rings is 8. The van der Waals surface area contributed by atoms with E-state index in [1.807, 2.05) is 0 Å². The van der Waals surface area contributed by atoms with E-state index in [2.05, 4.69) is 163 Å². The van der Waals surface area contributed by atoms with Crippen molar-refractivity contribution in [1.29, 1.82) is 0 Å². The van der Waals surface area contributed by atoms with Gasteiger partial charge in [0.05, 0.1) is 11.0 Å². The normalized spacial score (nSPS) is 11.7. The van der Waals surface area contributed by atoms with Crippen LogP contribution in [0.2, 0.25) is 0 Å². The molecule has 0 fully saturated rings. The van der Waals surface area contributed by atoms with E-state index in [4.69, 9.17) is 9.40 Å². The van der Waals surface area contributed by atoms with Gasteiger partial charge in [-0.2, -0.15) is 0 Å². The maximum Gasteiger partial charge on any atom is 0.135 e. The first-order valence-corrected chi connectivity index (χ1v) is 16.6. The average molecular weight is 625 g/mol. The summed E-state index contributed by atoms with van der Waals surface area (Å²) >= 11 is 0. The molecular weight excluding hydrogens is 597 g/mol. The molecule has 0 unspecified atom stereocenters. The van der Waals surface area contributed by atoms with Gasteiger partial charge in [-0.25, -0.2) is 0 Å². The van der Waals surface area contributed by atoms with E-state index in [1.54, 1.807) is 12.4 Å². The van der Waals surface area contributed by atoms with Crippen molar-refractivity contribution in [1.82, 2.24) is 9.97 Å². The summed E-state index contributed by atoms with van der Waals surface area (Å²) in [6.07, 6.45) is 3.55. The Morgan fingerprint density at radius 3 is 1.37 bits per heavy atom. The van der Waals surface area contributed by atoms with Gasteiger partial charge < -0.3 is 4.42 Å². The largest absolute Gasteiger partial charge is 0.456 e. The second kappa shape index (κ2) is 11.0. The lowest BCUT2D eigenvalue weighted by atomic mass is 9.94. The molecule has 2 heterocycles. The topological polar surface area (TPSA) is 38.9 Å². The Morgan fingerprint density at radius 2 is 0.714 bits per heavy atom. The van der Waals surface area contributed by atoms with Crippen LogP contribution in [-0.2, 0) is 0 Å². The molecule has 0 atom stereocenters. The van der Waals surface area contributed by atoms with E-state index in [-0.39, 0.29) is 0 Å². The lowest BCUT2D eigenvalue weighted by Gasteiger charge is -2.11. The molecule has 0 bridgehead atoms. The highest BCUT2D eigenvalue weighted by molar-refractivity contribution is 6.23. The Balaban J connectivity index is 1.04. The number of nitrogens with zero attached hydrogens (tertiary/aromatic N) is 2. The van der Waals surface area contributed by atoms with Crippen LogP contribution in [0.25, 0.3) is 99.0 Å². The smallest absolute Gasteiger partial charge is 0.135 e. The SMILES string of the molecule is c1ccc(-c2ccc(-c3ccc4oc5ccc(-c6cccc(-c7ccc8c(c7)c7ccccc7c7nccnc87)c6)cc5c4c3)cc2)cc1. The van der Waals surface area contributed by atoms with Gasteiger partial charge in [0.2, 0.25) is 0 Å². The number of hydrogen-bond acceptors (Lipinski definition) is 3. The lowest BCUT2D eigenvalue weighted by molar-refractivity contribution is 0.669. The maximum absolute atomic E-state index is 6.30. The molecule has 3 nitrogen and oxygen atoms in total. The van der Waals surface area contributed by atoms with E-state index >= 15 is 0 Å². The first kappa shape index (κ1) is 27.5. The zero-order valence-corrected chi connectivity index (χ0v) is 26.5. The van der Waals surface area contributed by atoms with Crippen LogP contribution in [0.3, 0.4) is 0 Å². The fourth-order valence-electron chi connectivity index (χ4n) is 7.31. The van der Waals surface area contributed by atoms with E-state index in [9.17, 15) is 0 Å². The number of furan rings is 1. The fraction of sp³-hybridized carbons (Fsp3) is 0. The molecule has 0 N–H and O–H groups in total. The zero-order valence-electron chi connectivity index (χ0n) is 26.5. The van der Waals surface area contributed by atoms with Gasteiger partial charge in [-0.3, -0.25) is 9.97 Å². The molecule has 0 saturated carbocycles. The Labute approximate surface area is 282 Å². The summed E-state index contributed by atoms with van der Waals surface area (Å²) in [4.78, 5) is 9.41. The molecule has 49 heavy (non-hydrogen) atoms. The third-order valence-corrected chi connectivity index (χ3v) is 9.77. The van der Waals surface area contributed by atoms with Crippen LogP contribution < -0.4 is 0 Å². The van der Waals surface area contributed by atoms with Gasteiger partial charge in [-0.15, -0.1) is 0 Å². The number of rotatable bonds is 4. The van der Waals surface area contributed by atoms with Gasteiger partial charge in [-0.1, -0.05) is 121 Å². The Morgan fingerprint density at radius 1 is 0.286 bits per heavy atom. The highest BCUT2D eigenvalue weighted by atomic mass is 16.3. The summed E-state index contributed by atoms with van der Waals surface area (Å²) in [5.41, 5.74) is 13.1. The number of aromatic nitrogens is 2. The first-order chi connectivity index (χ1) is 24.3. The van der Waals surface area contributed by atoms with Crippen LogP contribution in [0, 0.1) is 0 Å². The van der Waals surface area contributed by atoms with Gasteiger partial charge in [0, 0.05) is 33.9 Å². The molecular formula is C46H28N2O. The number of hydrogen-bond donors (Lipinski definition) is 0. The van der Waals surface area contributed by atoms with Gasteiger partial charge in [-0.05, 0) is 91.7 Å².